The summed E-state index contributed by atoms with van der Waals surface area (Å²) in [5.74, 6) is -0.0309. The Kier molecular flexibility index (Phi) is 4.69. The molecule has 0 bridgehead atoms. The number of amides is 2. The van der Waals surface area contributed by atoms with Crippen molar-refractivity contribution in [1.82, 2.24) is 10.2 Å². The number of benzene rings is 1. The van der Waals surface area contributed by atoms with Crippen LogP contribution in [-0.4, -0.2) is 36.9 Å². The summed E-state index contributed by atoms with van der Waals surface area (Å²) >= 11 is 0. The summed E-state index contributed by atoms with van der Waals surface area (Å²) in [5, 5.41) is 3.16. The summed E-state index contributed by atoms with van der Waals surface area (Å²) in [5.41, 5.74) is 1.41. The molecule has 1 heterocycles. The lowest BCUT2D eigenvalue weighted by Gasteiger charge is -2.32. The third-order valence-corrected chi connectivity index (χ3v) is 5.58. The zero-order valence-corrected chi connectivity index (χ0v) is 13.9. The molecule has 3 rings (SSSR count). The summed E-state index contributed by atoms with van der Waals surface area (Å²) in [7, 11) is 1.80. The third-order valence-electron chi connectivity index (χ3n) is 5.58. The van der Waals surface area contributed by atoms with Crippen LogP contribution in [0.5, 0.6) is 0 Å². The molecule has 0 aromatic heterocycles. The van der Waals surface area contributed by atoms with E-state index in [1.165, 1.54) is 18.4 Å². The van der Waals surface area contributed by atoms with Crippen molar-refractivity contribution in [3.05, 3.63) is 35.9 Å². The molecule has 1 atom stereocenters. The van der Waals surface area contributed by atoms with E-state index in [0.29, 0.717) is 19.5 Å². The lowest BCUT2D eigenvalue weighted by atomic mass is 9.78. The third kappa shape index (κ3) is 3.41. The van der Waals surface area contributed by atoms with Gasteiger partial charge in [-0.1, -0.05) is 43.2 Å². The minimum absolute atomic E-state index is 0.0497. The first-order valence-electron chi connectivity index (χ1n) is 8.68. The van der Waals surface area contributed by atoms with Crippen LogP contribution >= 0.6 is 0 Å². The van der Waals surface area contributed by atoms with Crippen molar-refractivity contribution in [3.8, 4) is 0 Å². The standard InChI is InChI=1S/C19H26N2O2/c1-21-12-9-15(13-17(21)22)18(23)20-14-19(10-5-6-11-19)16-7-3-2-4-8-16/h2-4,7-8,15H,5-6,9-14H2,1H3,(H,20,23). The topological polar surface area (TPSA) is 49.4 Å². The second-order valence-electron chi connectivity index (χ2n) is 7.08. The van der Waals surface area contributed by atoms with Crippen LogP contribution in [0.3, 0.4) is 0 Å². The zero-order valence-electron chi connectivity index (χ0n) is 13.9. The normalized spacial score (nSPS) is 23.8. The summed E-state index contributed by atoms with van der Waals surface area (Å²) in [6.07, 6.45) is 5.81. The summed E-state index contributed by atoms with van der Waals surface area (Å²) in [6.45, 7) is 1.37. The molecule has 4 heteroatoms. The van der Waals surface area contributed by atoms with Crippen LogP contribution in [0.25, 0.3) is 0 Å². The highest BCUT2D eigenvalue weighted by Crippen LogP contribution is 2.40. The van der Waals surface area contributed by atoms with Crippen molar-refractivity contribution < 1.29 is 9.59 Å². The van der Waals surface area contributed by atoms with E-state index < -0.39 is 0 Å². The van der Waals surface area contributed by atoms with Crippen LogP contribution in [0.1, 0.15) is 44.1 Å². The monoisotopic (exact) mass is 314 g/mol. The molecule has 1 saturated heterocycles. The Hall–Kier alpha value is -1.84. The number of piperidine rings is 1. The van der Waals surface area contributed by atoms with Crippen molar-refractivity contribution in [2.24, 2.45) is 5.92 Å². The highest BCUT2D eigenvalue weighted by molar-refractivity contribution is 5.86. The number of hydrogen-bond acceptors (Lipinski definition) is 2. The molecule has 0 spiro atoms. The molecule has 1 saturated carbocycles. The molecular weight excluding hydrogens is 288 g/mol. The second-order valence-corrected chi connectivity index (χ2v) is 7.08. The van der Waals surface area contributed by atoms with Gasteiger partial charge in [0.1, 0.15) is 0 Å². The van der Waals surface area contributed by atoms with Crippen molar-refractivity contribution in [2.45, 2.75) is 43.9 Å². The van der Waals surface area contributed by atoms with E-state index in [-0.39, 0.29) is 23.1 Å². The van der Waals surface area contributed by atoms with Crippen LogP contribution in [0.15, 0.2) is 30.3 Å². The highest BCUT2D eigenvalue weighted by atomic mass is 16.2. The van der Waals surface area contributed by atoms with Crippen LogP contribution in [0, 0.1) is 5.92 Å². The molecule has 2 fully saturated rings. The van der Waals surface area contributed by atoms with Gasteiger partial charge in [0.25, 0.3) is 0 Å². The smallest absolute Gasteiger partial charge is 0.223 e. The summed E-state index contributed by atoms with van der Waals surface area (Å²) in [6, 6.07) is 10.5. The second kappa shape index (κ2) is 6.73. The molecule has 1 aromatic carbocycles. The quantitative estimate of drug-likeness (QED) is 0.928. The van der Waals surface area contributed by atoms with Gasteiger partial charge in [-0.25, -0.2) is 0 Å². The first kappa shape index (κ1) is 16.0. The number of rotatable bonds is 4. The molecule has 1 aromatic rings. The number of hydrogen-bond donors (Lipinski definition) is 1. The molecule has 2 amide bonds. The van der Waals surface area contributed by atoms with Crippen molar-refractivity contribution in [3.63, 3.8) is 0 Å². The summed E-state index contributed by atoms with van der Waals surface area (Å²) in [4.78, 5) is 26.0. The fourth-order valence-corrected chi connectivity index (χ4v) is 3.98. The first-order chi connectivity index (χ1) is 11.1. The molecule has 2 aliphatic rings. The predicted octanol–water partition coefficient (Wildman–Crippen LogP) is 2.48. The van der Waals surface area contributed by atoms with Crippen molar-refractivity contribution in [1.29, 1.82) is 0 Å². The maximum atomic E-state index is 12.5. The van der Waals surface area contributed by atoms with Crippen molar-refractivity contribution in [2.75, 3.05) is 20.1 Å². The van der Waals surface area contributed by atoms with Crippen LogP contribution in [-0.2, 0) is 15.0 Å². The molecule has 1 unspecified atom stereocenters. The molecule has 1 N–H and O–H groups in total. The van der Waals surface area contributed by atoms with Gasteiger partial charge in [-0.15, -0.1) is 0 Å². The molecule has 124 valence electrons. The van der Waals surface area contributed by atoms with Gasteiger partial charge in [0.2, 0.25) is 11.8 Å². The van der Waals surface area contributed by atoms with Gasteiger partial charge in [0, 0.05) is 37.9 Å². The van der Waals surface area contributed by atoms with E-state index in [4.69, 9.17) is 0 Å². The number of carbonyl (C=O) groups is 2. The molecule has 1 aliphatic carbocycles. The van der Waals surface area contributed by atoms with E-state index in [1.807, 2.05) is 6.07 Å². The van der Waals surface area contributed by atoms with Crippen LogP contribution < -0.4 is 5.32 Å². The van der Waals surface area contributed by atoms with Gasteiger partial charge in [0.05, 0.1) is 0 Å². The van der Waals surface area contributed by atoms with Crippen LogP contribution in [0.4, 0.5) is 0 Å². The molecule has 1 aliphatic heterocycles. The molecule has 4 nitrogen and oxygen atoms in total. The summed E-state index contributed by atoms with van der Waals surface area (Å²) < 4.78 is 0. The van der Waals surface area contributed by atoms with Crippen LogP contribution in [0.2, 0.25) is 0 Å². The van der Waals surface area contributed by atoms with E-state index in [9.17, 15) is 9.59 Å². The Balaban J connectivity index is 1.64. The van der Waals surface area contributed by atoms with Gasteiger partial charge in [-0.3, -0.25) is 9.59 Å². The number of nitrogens with one attached hydrogen (secondary N) is 1. The minimum atomic E-state index is -0.159. The minimum Gasteiger partial charge on any atom is -0.355 e. The Bertz CT molecular complexity index is 564. The van der Waals surface area contributed by atoms with Gasteiger partial charge in [-0.05, 0) is 24.8 Å². The fourth-order valence-electron chi connectivity index (χ4n) is 3.98. The largest absolute Gasteiger partial charge is 0.355 e. The molecule has 0 radical (unpaired) electrons. The lowest BCUT2D eigenvalue weighted by Crippen LogP contribution is -2.45. The van der Waals surface area contributed by atoms with E-state index in [0.717, 1.165) is 19.3 Å². The SMILES string of the molecule is CN1CCC(C(=O)NCC2(c3ccccc3)CCCC2)CC1=O. The average molecular weight is 314 g/mol. The Morgan fingerprint density at radius 2 is 1.96 bits per heavy atom. The maximum Gasteiger partial charge on any atom is 0.223 e. The fraction of sp³-hybridized carbons (Fsp3) is 0.579. The first-order valence-corrected chi connectivity index (χ1v) is 8.68. The Morgan fingerprint density at radius 3 is 2.61 bits per heavy atom. The number of likely N-dealkylation sites (tertiary alicyclic amines) is 1. The predicted molar refractivity (Wildman–Crippen MR) is 90.0 cm³/mol. The van der Waals surface area contributed by atoms with Crippen molar-refractivity contribution >= 4 is 11.8 Å². The average Bonchev–Trinajstić information content (AvgIpc) is 3.06. The van der Waals surface area contributed by atoms with E-state index >= 15 is 0 Å². The van der Waals surface area contributed by atoms with E-state index in [2.05, 4.69) is 29.6 Å². The molecule has 23 heavy (non-hydrogen) atoms. The molecular formula is C19H26N2O2. The zero-order chi connectivity index (χ0) is 16.3. The highest BCUT2D eigenvalue weighted by Gasteiger charge is 2.37. The number of nitrogens with zero attached hydrogens (tertiary/aromatic N) is 1. The van der Waals surface area contributed by atoms with Gasteiger partial charge >= 0.3 is 0 Å². The van der Waals surface area contributed by atoms with Gasteiger partial charge in [-0.2, -0.15) is 0 Å². The maximum absolute atomic E-state index is 12.5. The van der Waals surface area contributed by atoms with Gasteiger partial charge < -0.3 is 10.2 Å². The lowest BCUT2D eigenvalue weighted by molar-refractivity contribution is -0.139. The van der Waals surface area contributed by atoms with E-state index in [1.54, 1.807) is 11.9 Å². The Morgan fingerprint density at radius 1 is 1.26 bits per heavy atom. The number of carbonyl (C=O) groups excluding carboxylic acids is 2. The van der Waals surface area contributed by atoms with Gasteiger partial charge in [0.15, 0.2) is 0 Å². The Labute approximate surface area is 138 Å².